The van der Waals surface area contributed by atoms with E-state index in [9.17, 15) is 9.59 Å². The molecule has 35 heavy (non-hydrogen) atoms. The molecule has 2 N–H and O–H groups in total. The van der Waals surface area contributed by atoms with Crippen LogP contribution in [-0.4, -0.2) is 29.6 Å². The van der Waals surface area contributed by atoms with E-state index in [1.54, 1.807) is 42.5 Å². The Morgan fingerprint density at radius 1 is 0.886 bits per heavy atom. The Kier molecular flexibility index (Phi) is 8.43. The minimum Gasteiger partial charge on any atom is -0.490 e. The van der Waals surface area contributed by atoms with Crippen molar-refractivity contribution in [3.05, 3.63) is 88.4 Å². The maximum atomic E-state index is 12.9. The van der Waals surface area contributed by atoms with Crippen molar-refractivity contribution in [3.8, 4) is 16.9 Å². The van der Waals surface area contributed by atoms with Gasteiger partial charge >= 0.3 is 5.97 Å². The fourth-order valence-electron chi connectivity index (χ4n) is 4.41. The molecule has 4 rings (SSSR count). The van der Waals surface area contributed by atoms with Crippen LogP contribution in [-0.2, 0) is 6.42 Å². The molecular weight excluding hydrogens is 462 g/mol. The van der Waals surface area contributed by atoms with Gasteiger partial charge in [0.1, 0.15) is 5.75 Å². The molecule has 1 saturated carbocycles. The molecule has 6 heteroatoms. The van der Waals surface area contributed by atoms with E-state index in [1.807, 2.05) is 24.3 Å². The second-order valence-electron chi connectivity index (χ2n) is 8.96. The van der Waals surface area contributed by atoms with E-state index in [0.29, 0.717) is 29.3 Å². The van der Waals surface area contributed by atoms with Gasteiger partial charge < -0.3 is 15.2 Å². The third-order valence-electron chi connectivity index (χ3n) is 6.40. The van der Waals surface area contributed by atoms with Crippen molar-refractivity contribution < 1.29 is 19.4 Å². The Balaban J connectivity index is 1.34. The van der Waals surface area contributed by atoms with E-state index in [-0.39, 0.29) is 17.6 Å². The number of amides is 1. The lowest BCUT2D eigenvalue weighted by Gasteiger charge is -2.19. The van der Waals surface area contributed by atoms with Gasteiger partial charge in [-0.1, -0.05) is 60.8 Å². The molecule has 3 aromatic rings. The van der Waals surface area contributed by atoms with Crippen LogP contribution >= 0.6 is 11.6 Å². The molecule has 1 amide bonds. The van der Waals surface area contributed by atoms with Gasteiger partial charge in [0.2, 0.25) is 0 Å². The number of hydrogen-bond acceptors (Lipinski definition) is 3. The highest BCUT2D eigenvalue weighted by molar-refractivity contribution is 6.31. The number of carboxylic acids is 1. The third kappa shape index (κ3) is 6.86. The quantitative estimate of drug-likeness (QED) is 0.340. The van der Waals surface area contributed by atoms with Crippen molar-refractivity contribution in [2.45, 2.75) is 51.0 Å². The molecule has 5 nitrogen and oxygen atoms in total. The van der Waals surface area contributed by atoms with E-state index in [2.05, 4.69) is 5.32 Å². The van der Waals surface area contributed by atoms with Crippen molar-refractivity contribution in [1.29, 1.82) is 0 Å². The van der Waals surface area contributed by atoms with Crippen LogP contribution in [0.2, 0.25) is 5.02 Å². The molecule has 0 unspecified atom stereocenters. The zero-order valence-corrected chi connectivity index (χ0v) is 20.4. The van der Waals surface area contributed by atoms with Crippen molar-refractivity contribution in [2.75, 3.05) is 6.54 Å². The summed E-state index contributed by atoms with van der Waals surface area (Å²) in [5.41, 5.74) is 3.80. The summed E-state index contributed by atoms with van der Waals surface area (Å²) >= 11 is 6.18. The number of rotatable bonds is 8. The number of carboxylic acid groups (broad SMARTS) is 1. The summed E-state index contributed by atoms with van der Waals surface area (Å²) in [6.07, 6.45) is 7.66. The monoisotopic (exact) mass is 491 g/mol. The predicted octanol–water partition coefficient (Wildman–Crippen LogP) is 6.78. The molecule has 1 aliphatic carbocycles. The van der Waals surface area contributed by atoms with E-state index in [4.69, 9.17) is 21.4 Å². The SMILES string of the molecule is O=C(O)c1ccc(-c2ccc(CCNC(=O)c3cc(Cl)ccc3OC3CCCCCC3)cc2)cc1. The average molecular weight is 492 g/mol. The lowest BCUT2D eigenvalue weighted by molar-refractivity contribution is 0.0696. The molecule has 182 valence electrons. The Bertz CT molecular complexity index is 1150. The highest BCUT2D eigenvalue weighted by Crippen LogP contribution is 2.28. The Morgan fingerprint density at radius 3 is 2.14 bits per heavy atom. The summed E-state index contributed by atoms with van der Waals surface area (Å²) in [5.74, 6) is -0.529. The summed E-state index contributed by atoms with van der Waals surface area (Å²) in [6.45, 7) is 0.487. The Labute approximate surface area is 211 Å². The maximum absolute atomic E-state index is 12.9. The Hall–Kier alpha value is -3.31. The molecule has 0 aliphatic heterocycles. The predicted molar refractivity (Wildman–Crippen MR) is 138 cm³/mol. The highest BCUT2D eigenvalue weighted by atomic mass is 35.5. The molecule has 0 bridgehead atoms. The van der Waals surface area contributed by atoms with E-state index in [0.717, 1.165) is 42.4 Å². The second kappa shape index (κ2) is 11.9. The number of hydrogen-bond donors (Lipinski definition) is 2. The maximum Gasteiger partial charge on any atom is 0.335 e. The molecule has 0 radical (unpaired) electrons. The van der Waals surface area contributed by atoms with E-state index < -0.39 is 5.97 Å². The third-order valence-corrected chi connectivity index (χ3v) is 6.64. The molecule has 0 atom stereocenters. The van der Waals surface area contributed by atoms with Crippen LogP contribution in [0.15, 0.2) is 66.7 Å². The van der Waals surface area contributed by atoms with Gasteiger partial charge in [0.25, 0.3) is 5.91 Å². The number of carbonyl (C=O) groups excluding carboxylic acids is 1. The van der Waals surface area contributed by atoms with Gasteiger partial charge in [-0.3, -0.25) is 4.79 Å². The van der Waals surface area contributed by atoms with Gasteiger partial charge in [0.05, 0.1) is 17.2 Å². The van der Waals surface area contributed by atoms with Crippen molar-refractivity contribution in [2.24, 2.45) is 0 Å². The number of benzene rings is 3. The van der Waals surface area contributed by atoms with Crippen LogP contribution in [0, 0.1) is 0 Å². The molecule has 1 aliphatic rings. The first-order valence-corrected chi connectivity index (χ1v) is 12.5. The van der Waals surface area contributed by atoms with Crippen molar-refractivity contribution >= 4 is 23.5 Å². The first kappa shape index (κ1) is 24.8. The minimum atomic E-state index is -0.935. The van der Waals surface area contributed by atoms with Gasteiger partial charge in [0.15, 0.2) is 0 Å². The summed E-state index contributed by atoms with van der Waals surface area (Å²) < 4.78 is 6.23. The Morgan fingerprint density at radius 2 is 1.51 bits per heavy atom. The van der Waals surface area contributed by atoms with Crippen molar-refractivity contribution in [3.63, 3.8) is 0 Å². The van der Waals surface area contributed by atoms with Gasteiger partial charge in [-0.2, -0.15) is 0 Å². The molecule has 1 fully saturated rings. The molecule has 0 spiro atoms. The average Bonchev–Trinajstić information content (AvgIpc) is 3.14. The summed E-state index contributed by atoms with van der Waals surface area (Å²) in [5, 5.41) is 12.6. The van der Waals surface area contributed by atoms with Crippen LogP contribution < -0.4 is 10.1 Å². The van der Waals surface area contributed by atoms with Crippen LogP contribution in [0.5, 0.6) is 5.75 Å². The number of nitrogens with one attached hydrogen (secondary N) is 1. The number of aromatic carboxylic acids is 1. The largest absolute Gasteiger partial charge is 0.490 e. The van der Waals surface area contributed by atoms with E-state index >= 15 is 0 Å². The van der Waals surface area contributed by atoms with Crippen LogP contribution in [0.4, 0.5) is 0 Å². The first-order valence-electron chi connectivity index (χ1n) is 12.2. The van der Waals surface area contributed by atoms with Crippen LogP contribution in [0.25, 0.3) is 11.1 Å². The number of carbonyl (C=O) groups is 2. The van der Waals surface area contributed by atoms with Crippen LogP contribution in [0.3, 0.4) is 0 Å². The smallest absolute Gasteiger partial charge is 0.335 e. The summed E-state index contributed by atoms with van der Waals surface area (Å²) in [4.78, 5) is 24.0. The second-order valence-corrected chi connectivity index (χ2v) is 9.39. The lowest BCUT2D eigenvalue weighted by atomic mass is 10.0. The van der Waals surface area contributed by atoms with Gasteiger partial charge in [-0.25, -0.2) is 4.79 Å². The lowest BCUT2D eigenvalue weighted by Crippen LogP contribution is -2.27. The van der Waals surface area contributed by atoms with Gasteiger partial charge in [-0.05, 0) is 79.1 Å². The molecule has 0 saturated heterocycles. The minimum absolute atomic E-state index is 0.143. The fraction of sp³-hybridized carbons (Fsp3) is 0.310. The van der Waals surface area contributed by atoms with Gasteiger partial charge in [-0.15, -0.1) is 0 Å². The highest BCUT2D eigenvalue weighted by Gasteiger charge is 2.19. The molecule has 0 aromatic heterocycles. The summed E-state index contributed by atoms with van der Waals surface area (Å²) in [7, 11) is 0. The van der Waals surface area contributed by atoms with Crippen LogP contribution in [0.1, 0.15) is 64.8 Å². The fourth-order valence-corrected chi connectivity index (χ4v) is 4.58. The standard InChI is InChI=1S/C29H30ClNO4/c30-24-15-16-27(35-25-5-3-1-2-4-6-25)26(19-24)28(32)31-18-17-20-7-9-21(10-8-20)22-11-13-23(14-12-22)29(33)34/h7-16,19,25H,1-6,17-18H2,(H,31,32)(H,33,34). The normalized spacial score (nSPS) is 14.2. The van der Waals surface area contributed by atoms with E-state index in [1.165, 1.54) is 12.8 Å². The molecular formula is C29H30ClNO4. The topological polar surface area (TPSA) is 75.6 Å². The zero-order valence-electron chi connectivity index (χ0n) is 19.6. The van der Waals surface area contributed by atoms with Crippen molar-refractivity contribution in [1.82, 2.24) is 5.32 Å². The molecule has 3 aromatic carbocycles. The number of ether oxygens (including phenoxy) is 1. The summed E-state index contributed by atoms with van der Waals surface area (Å²) in [6, 6.07) is 20.1. The first-order chi connectivity index (χ1) is 17.0. The number of halogens is 1. The zero-order chi connectivity index (χ0) is 24.6. The molecule has 0 heterocycles. The van der Waals surface area contributed by atoms with Gasteiger partial charge in [0, 0.05) is 11.6 Å².